The van der Waals surface area contributed by atoms with E-state index in [1.165, 1.54) is 10.4 Å². The molecule has 0 N–H and O–H groups in total. The van der Waals surface area contributed by atoms with E-state index in [2.05, 4.69) is 35.9 Å². The van der Waals surface area contributed by atoms with Crippen LogP contribution in [0.15, 0.2) is 41.5 Å². The summed E-state index contributed by atoms with van der Waals surface area (Å²) < 4.78 is 1.77. The number of thiophene rings is 1. The lowest BCUT2D eigenvalue weighted by molar-refractivity contribution is 0.272. The van der Waals surface area contributed by atoms with Crippen LogP contribution in [0, 0.1) is 0 Å². The molecule has 4 nitrogen and oxygen atoms in total. The first-order chi connectivity index (χ1) is 11.7. The summed E-state index contributed by atoms with van der Waals surface area (Å²) in [6.07, 6.45) is 2.66. The third-order valence-electron chi connectivity index (χ3n) is 5.01. The Morgan fingerprint density at radius 2 is 2.08 bits per heavy atom. The van der Waals surface area contributed by atoms with Gasteiger partial charge in [0.25, 0.3) is 5.56 Å². The molecule has 0 saturated heterocycles. The number of aromatic nitrogens is 2. The molecule has 1 aliphatic rings. The van der Waals surface area contributed by atoms with E-state index in [-0.39, 0.29) is 11.6 Å². The van der Waals surface area contributed by atoms with Crippen molar-refractivity contribution in [3.8, 4) is 0 Å². The van der Waals surface area contributed by atoms with Crippen molar-refractivity contribution in [2.24, 2.45) is 0 Å². The predicted octanol–water partition coefficient (Wildman–Crippen LogP) is 3.45. The Morgan fingerprint density at radius 1 is 1.29 bits per heavy atom. The molecule has 0 fully saturated rings. The summed E-state index contributed by atoms with van der Waals surface area (Å²) in [6.45, 7) is 7.27. The van der Waals surface area contributed by atoms with Crippen molar-refractivity contribution < 1.29 is 0 Å². The maximum atomic E-state index is 13.1. The van der Waals surface area contributed by atoms with Gasteiger partial charge in [0.2, 0.25) is 0 Å². The summed E-state index contributed by atoms with van der Waals surface area (Å²) in [7, 11) is 0. The van der Waals surface area contributed by atoms with Gasteiger partial charge in [-0.15, -0.1) is 11.3 Å². The van der Waals surface area contributed by atoms with Gasteiger partial charge in [0, 0.05) is 18.0 Å². The third-order valence-corrected chi connectivity index (χ3v) is 6.14. The Bertz CT molecular complexity index is 929. The van der Waals surface area contributed by atoms with E-state index < -0.39 is 0 Å². The normalized spacial score (nSPS) is 16.2. The van der Waals surface area contributed by atoms with Crippen LogP contribution in [0.25, 0.3) is 10.2 Å². The van der Waals surface area contributed by atoms with Crippen LogP contribution in [0.3, 0.4) is 0 Å². The zero-order valence-corrected chi connectivity index (χ0v) is 14.8. The van der Waals surface area contributed by atoms with E-state index in [1.807, 2.05) is 18.2 Å². The van der Waals surface area contributed by atoms with Gasteiger partial charge in [0.15, 0.2) is 0 Å². The van der Waals surface area contributed by atoms with Crippen molar-refractivity contribution in [1.82, 2.24) is 14.5 Å². The van der Waals surface area contributed by atoms with E-state index in [1.54, 1.807) is 22.2 Å². The highest BCUT2D eigenvalue weighted by Crippen LogP contribution is 2.32. The summed E-state index contributed by atoms with van der Waals surface area (Å²) in [5.74, 6) is 0. The average molecular weight is 339 g/mol. The topological polar surface area (TPSA) is 38.1 Å². The first kappa shape index (κ1) is 15.5. The summed E-state index contributed by atoms with van der Waals surface area (Å²) in [5.41, 5.74) is 2.45. The summed E-state index contributed by atoms with van der Waals surface area (Å²) in [6, 6.07) is 10.1. The van der Waals surface area contributed by atoms with Gasteiger partial charge < -0.3 is 0 Å². The quantitative estimate of drug-likeness (QED) is 0.733. The van der Waals surface area contributed by atoms with Gasteiger partial charge in [-0.25, -0.2) is 4.98 Å². The van der Waals surface area contributed by atoms with E-state index in [9.17, 15) is 4.79 Å². The maximum absolute atomic E-state index is 13.1. The van der Waals surface area contributed by atoms with Gasteiger partial charge in [-0.3, -0.25) is 14.3 Å². The molecule has 0 amide bonds. The van der Waals surface area contributed by atoms with Crippen LogP contribution in [0.2, 0.25) is 0 Å². The van der Waals surface area contributed by atoms with Gasteiger partial charge in [-0.2, -0.15) is 0 Å². The van der Waals surface area contributed by atoms with E-state index >= 15 is 0 Å². The first-order valence-electron chi connectivity index (χ1n) is 8.47. The molecule has 1 aliphatic heterocycles. The molecule has 2 aromatic heterocycles. The van der Waals surface area contributed by atoms with Crippen LogP contribution in [0.5, 0.6) is 0 Å². The minimum Gasteiger partial charge on any atom is -0.298 e. The number of likely N-dealkylation sites (N-methyl/N-ethyl adjacent to an activating group) is 1. The van der Waals surface area contributed by atoms with Gasteiger partial charge in [-0.1, -0.05) is 37.3 Å². The largest absolute Gasteiger partial charge is 0.298 e. The molecule has 1 unspecified atom stereocenters. The molecule has 0 radical (unpaired) electrons. The minimum absolute atomic E-state index is 0.0121. The van der Waals surface area contributed by atoms with Crippen LogP contribution in [-0.4, -0.2) is 27.5 Å². The molecule has 0 saturated carbocycles. The molecule has 3 aromatic rings. The minimum atomic E-state index is -0.0121. The van der Waals surface area contributed by atoms with Gasteiger partial charge in [0.1, 0.15) is 4.83 Å². The third kappa shape index (κ3) is 2.48. The molecule has 3 heterocycles. The Kier molecular flexibility index (Phi) is 3.98. The van der Waals surface area contributed by atoms with Gasteiger partial charge >= 0.3 is 0 Å². The second-order valence-electron chi connectivity index (χ2n) is 6.35. The van der Waals surface area contributed by atoms with Crippen molar-refractivity contribution in [3.63, 3.8) is 0 Å². The lowest BCUT2D eigenvalue weighted by Crippen LogP contribution is -2.30. The van der Waals surface area contributed by atoms with E-state index in [4.69, 9.17) is 0 Å². The smallest absolute Gasteiger partial charge is 0.262 e. The van der Waals surface area contributed by atoms with Crippen molar-refractivity contribution in [1.29, 1.82) is 0 Å². The first-order valence-corrected chi connectivity index (χ1v) is 9.29. The Balaban J connectivity index is 1.83. The summed E-state index contributed by atoms with van der Waals surface area (Å²) >= 11 is 1.68. The number of hydrogen-bond donors (Lipinski definition) is 0. The summed E-state index contributed by atoms with van der Waals surface area (Å²) in [5, 5.41) is 0.844. The molecule has 0 spiro atoms. The second-order valence-corrected chi connectivity index (χ2v) is 7.43. The molecule has 24 heavy (non-hydrogen) atoms. The van der Waals surface area contributed by atoms with Crippen molar-refractivity contribution in [2.45, 2.75) is 32.9 Å². The highest BCUT2D eigenvalue weighted by atomic mass is 32.1. The van der Waals surface area contributed by atoms with E-state index in [0.29, 0.717) is 0 Å². The lowest BCUT2D eigenvalue weighted by atomic mass is 10.0. The number of nitrogens with zero attached hydrogens (tertiary/aromatic N) is 3. The highest BCUT2D eigenvalue weighted by Gasteiger charge is 2.24. The molecule has 5 heteroatoms. The zero-order valence-electron chi connectivity index (χ0n) is 14.0. The maximum Gasteiger partial charge on any atom is 0.262 e. The van der Waals surface area contributed by atoms with Crippen LogP contribution >= 0.6 is 11.3 Å². The van der Waals surface area contributed by atoms with Crippen LogP contribution in [0.4, 0.5) is 0 Å². The van der Waals surface area contributed by atoms with Crippen molar-refractivity contribution >= 4 is 21.6 Å². The lowest BCUT2D eigenvalue weighted by Gasteiger charge is -2.25. The fourth-order valence-electron chi connectivity index (χ4n) is 3.49. The predicted molar refractivity (Wildman–Crippen MR) is 98.8 cm³/mol. The van der Waals surface area contributed by atoms with Crippen molar-refractivity contribution in [2.75, 3.05) is 13.1 Å². The monoisotopic (exact) mass is 339 g/mol. The SMILES string of the molecule is CCN1CCc2c(sc3ncn(C(C)c4ccccc4)c(=O)c23)C1. The van der Waals surface area contributed by atoms with E-state index in [0.717, 1.165) is 41.8 Å². The fourth-order valence-corrected chi connectivity index (χ4v) is 4.71. The Hall–Kier alpha value is -1.98. The van der Waals surface area contributed by atoms with Crippen LogP contribution in [0.1, 0.15) is 35.9 Å². The van der Waals surface area contributed by atoms with Gasteiger partial charge in [0.05, 0.1) is 17.8 Å². The zero-order chi connectivity index (χ0) is 16.7. The van der Waals surface area contributed by atoms with Crippen LogP contribution in [-0.2, 0) is 13.0 Å². The number of hydrogen-bond acceptors (Lipinski definition) is 4. The average Bonchev–Trinajstić information content (AvgIpc) is 3.00. The summed E-state index contributed by atoms with van der Waals surface area (Å²) in [4.78, 5) is 22.4. The number of fused-ring (bicyclic) bond motifs is 3. The molecule has 4 rings (SSSR count). The van der Waals surface area contributed by atoms with Crippen molar-refractivity contribution in [3.05, 3.63) is 63.0 Å². The Labute approximate surface area is 145 Å². The highest BCUT2D eigenvalue weighted by molar-refractivity contribution is 7.18. The van der Waals surface area contributed by atoms with Gasteiger partial charge in [-0.05, 0) is 31.0 Å². The molecule has 1 atom stereocenters. The second kappa shape index (κ2) is 6.15. The number of benzene rings is 1. The molecule has 1 aromatic carbocycles. The molecule has 0 aliphatic carbocycles. The standard InChI is InChI=1S/C19H21N3OS/c1-3-21-10-9-15-16(11-21)24-18-17(15)19(23)22(12-20-18)13(2)14-7-5-4-6-8-14/h4-8,12-13H,3,9-11H2,1-2H3. The fraction of sp³-hybridized carbons (Fsp3) is 0.368. The Morgan fingerprint density at radius 3 is 2.83 bits per heavy atom. The van der Waals surface area contributed by atoms with Crippen LogP contribution < -0.4 is 5.56 Å². The molecular formula is C19H21N3OS. The number of rotatable bonds is 3. The molecular weight excluding hydrogens is 318 g/mol. The molecule has 124 valence electrons. The molecule has 0 bridgehead atoms.